The number of carbonyl (C=O) groups excluding carboxylic acids is 1. The number of amides is 1. The quantitative estimate of drug-likeness (QED) is 0.800. The van der Waals surface area contributed by atoms with Crippen LogP contribution in [-0.2, 0) is 9.59 Å². The molecule has 2 fully saturated rings. The van der Waals surface area contributed by atoms with Gasteiger partial charge < -0.3 is 10.0 Å². The molecule has 1 N–H and O–H groups in total. The summed E-state index contributed by atoms with van der Waals surface area (Å²) in [6.07, 6.45) is 5.69. The van der Waals surface area contributed by atoms with Crippen LogP contribution in [0.3, 0.4) is 0 Å². The Balaban J connectivity index is 2.01. The molecule has 96 valence electrons. The van der Waals surface area contributed by atoms with E-state index in [2.05, 4.69) is 0 Å². The van der Waals surface area contributed by atoms with Gasteiger partial charge in [0.05, 0.1) is 5.92 Å². The predicted octanol–water partition coefficient (Wildman–Crippen LogP) is 1.89. The summed E-state index contributed by atoms with van der Waals surface area (Å²) in [7, 11) is 0. The molecule has 2 aliphatic rings. The van der Waals surface area contributed by atoms with Crippen LogP contribution in [0.1, 0.15) is 45.4 Å². The highest BCUT2D eigenvalue weighted by Crippen LogP contribution is 2.39. The van der Waals surface area contributed by atoms with Crippen molar-refractivity contribution in [1.29, 1.82) is 0 Å². The lowest BCUT2D eigenvalue weighted by Crippen LogP contribution is -2.47. The number of nitrogens with zero attached hydrogens (tertiary/aromatic N) is 1. The molecule has 2 rings (SSSR count). The molecule has 1 amide bonds. The van der Waals surface area contributed by atoms with E-state index in [0.29, 0.717) is 13.0 Å². The van der Waals surface area contributed by atoms with E-state index in [1.807, 2.05) is 6.92 Å². The number of carboxylic acids is 1. The second-order valence-electron chi connectivity index (χ2n) is 5.70. The number of rotatable bonds is 2. The van der Waals surface area contributed by atoms with E-state index < -0.39 is 5.97 Å². The van der Waals surface area contributed by atoms with Crippen LogP contribution in [0.15, 0.2) is 0 Å². The first kappa shape index (κ1) is 12.4. The third kappa shape index (κ3) is 2.45. The van der Waals surface area contributed by atoms with Crippen molar-refractivity contribution in [1.82, 2.24) is 4.90 Å². The van der Waals surface area contributed by atoms with Crippen molar-refractivity contribution in [3.63, 3.8) is 0 Å². The van der Waals surface area contributed by atoms with Gasteiger partial charge in [0.1, 0.15) is 0 Å². The average Bonchev–Trinajstić information content (AvgIpc) is 2.76. The maximum atomic E-state index is 12.4. The molecule has 1 atom stereocenters. The first-order chi connectivity index (χ1) is 8.03. The number of likely N-dealkylation sites (tertiary alicyclic amines) is 1. The zero-order chi connectivity index (χ0) is 12.5. The fourth-order valence-corrected chi connectivity index (χ4v) is 3.11. The Hall–Kier alpha value is -1.06. The van der Waals surface area contributed by atoms with E-state index in [9.17, 15) is 9.59 Å². The fraction of sp³-hybridized carbons (Fsp3) is 0.846. The molecule has 4 heteroatoms. The van der Waals surface area contributed by atoms with Gasteiger partial charge in [0.25, 0.3) is 0 Å². The minimum Gasteiger partial charge on any atom is -0.481 e. The first-order valence-electron chi connectivity index (χ1n) is 6.55. The van der Waals surface area contributed by atoms with Gasteiger partial charge in [-0.25, -0.2) is 0 Å². The Bertz CT molecular complexity index is 321. The molecule has 0 aromatic heterocycles. The molecular weight excluding hydrogens is 218 g/mol. The first-order valence-corrected chi connectivity index (χ1v) is 6.55. The summed E-state index contributed by atoms with van der Waals surface area (Å²) in [6, 6.07) is 0. The van der Waals surface area contributed by atoms with E-state index in [1.165, 1.54) is 0 Å². The van der Waals surface area contributed by atoms with Crippen molar-refractivity contribution in [3.8, 4) is 0 Å². The second kappa shape index (κ2) is 4.67. The lowest BCUT2D eigenvalue weighted by molar-refractivity contribution is -0.149. The normalized spacial score (nSPS) is 28.1. The lowest BCUT2D eigenvalue weighted by atomic mass is 9.85. The molecule has 0 unspecified atom stereocenters. The van der Waals surface area contributed by atoms with Crippen molar-refractivity contribution >= 4 is 11.9 Å². The van der Waals surface area contributed by atoms with Crippen LogP contribution < -0.4 is 0 Å². The van der Waals surface area contributed by atoms with E-state index in [-0.39, 0.29) is 17.2 Å². The summed E-state index contributed by atoms with van der Waals surface area (Å²) >= 11 is 0. The topological polar surface area (TPSA) is 57.6 Å². The Labute approximate surface area is 102 Å². The summed E-state index contributed by atoms with van der Waals surface area (Å²) in [5.41, 5.74) is -0.222. The Morgan fingerprint density at radius 3 is 2.47 bits per heavy atom. The molecule has 1 saturated carbocycles. The molecule has 1 saturated heterocycles. The predicted molar refractivity (Wildman–Crippen MR) is 63.5 cm³/mol. The van der Waals surface area contributed by atoms with E-state index in [1.54, 1.807) is 4.90 Å². The van der Waals surface area contributed by atoms with Gasteiger partial charge in [-0.2, -0.15) is 0 Å². The summed E-state index contributed by atoms with van der Waals surface area (Å²) in [4.78, 5) is 25.2. The summed E-state index contributed by atoms with van der Waals surface area (Å²) < 4.78 is 0. The molecule has 1 heterocycles. The van der Waals surface area contributed by atoms with Gasteiger partial charge in [-0.1, -0.05) is 19.8 Å². The van der Waals surface area contributed by atoms with Gasteiger partial charge in [0, 0.05) is 18.5 Å². The number of aliphatic carboxylic acids is 1. The second-order valence-corrected chi connectivity index (χ2v) is 5.70. The highest BCUT2D eigenvalue weighted by atomic mass is 16.4. The molecule has 0 spiro atoms. The number of piperidine rings is 1. The minimum atomic E-state index is -0.765. The molecular formula is C13H21NO3. The maximum Gasteiger partial charge on any atom is 0.308 e. The number of carbonyl (C=O) groups is 2. The van der Waals surface area contributed by atoms with Crippen LogP contribution in [0.25, 0.3) is 0 Å². The molecule has 0 aromatic carbocycles. The number of hydrogen-bond donors (Lipinski definition) is 1. The van der Waals surface area contributed by atoms with Crippen LogP contribution in [0.2, 0.25) is 0 Å². The zero-order valence-electron chi connectivity index (χ0n) is 10.4. The molecule has 4 nitrogen and oxygen atoms in total. The van der Waals surface area contributed by atoms with Crippen molar-refractivity contribution in [2.75, 3.05) is 13.1 Å². The Kier molecular flexibility index (Phi) is 3.40. The largest absolute Gasteiger partial charge is 0.481 e. The lowest BCUT2D eigenvalue weighted by Gasteiger charge is -2.36. The van der Waals surface area contributed by atoms with Gasteiger partial charge in [-0.05, 0) is 25.7 Å². The SMILES string of the molecule is CC1(C(=O)N2CCC[C@H](C(=O)O)C2)CCCC1. The summed E-state index contributed by atoms with van der Waals surface area (Å²) in [5, 5.41) is 9.03. The Morgan fingerprint density at radius 1 is 1.24 bits per heavy atom. The highest BCUT2D eigenvalue weighted by molar-refractivity contribution is 5.83. The third-order valence-corrected chi connectivity index (χ3v) is 4.28. The van der Waals surface area contributed by atoms with E-state index in [4.69, 9.17) is 5.11 Å². The maximum absolute atomic E-state index is 12.4. The van der Waals surface area contributed by atoms with E-state index >= 15 is 0 Å². The minimum absolute atomic E-state index is 0.181. The van der Waals surface area contributed by atoms with Gasteiger partial charge in [0.2, 0.25) is 5.91 Å². The van der Waals surface area contributed by atoms with Crippen LogP contribution in [-0.4, -0.2) is 35.0 Å². The van der Waals surface area contributed by atoms with Gasteiger partial charge in [0.15, 0.2) is 0 Å². The van der Waals surface area contributed by atoms with Crippen LogP contribution in [0.4, 0.5) is 0 Å². The smallest absolute Gasteiger partial charge is 0.308 e. The fourth-order valence-electron chi connectivity index (χ4n) is 3.11. The molecule has 17 heavy (non-hydrogen) atoms. The summed E-state index contributed by atoms with van der Waals surface area (Å²) in [6.45, 7) is 3.18. The van der Waals surface area contributed by atoms with Gasteiger partial charge in [-0.3, -0.25) is 9.59 Å². The average molecular weight is 239 g/mol. The third-order valence-electron chi connectivity index (χ3n) is 4.28. The molecule has 0 radical (unpaired) electrons. The van der Waals surface area contributed by atoms with Crippen LogP contribution in [0.5, 0.6) is 0 Å². The number of carboxylic acid groups (broad SMARTS) is 1. The van der Waals surface area contributed by atoms with Crippen LogP contribution in [0, 0.1) is 11.3 Å². The molecule has 0 bridgehead atoms. The summed E-state index contributed by atoms with van der Waals surface area (Å²) in [5.74, 6) is -0.947. The monoisotopic (exact) mass is 239 g/mol. The number of hydrogen-bond acceptors (Lipinski definition) is 2. The van der Waals surface area contributed by atoms with Crippen molar-refractivity contribution < 1.29 is 14.7 Å². The zero-order valence-corrected chi connectivity index (χ0v) is 10.4. The van der Waals surface area contributed by atoms with Crippen molar-refractivity contribution in [3.05, 3.63) is 0 Å². The van der Waals surface area contributed by atoms with Gasteiger partial charge in [-0.15, -0.1) is 0 Å². The molecule has 0 aromatic rings. The molecule has 1 aliphatic heterocycles. The highest BCUT2D eigenvalue weighted by Gasteiger charge is 2.40. The van der Waals surface area contributed by atoms with Crippen molar-refractivity contribution in [2.24, 2.45) is 11.3 Å². The van der Waals surface area contributed by atoms with Crippen molar-refractivity contribution in [2.45, 2.75) is 45.4 Å². The van der Waals surface area contributed by atoms with Crippen LogP contribution >= 0.6 is 0 Å². The standard InChI is InChI=1S/C13H21NO3/c1-13(6-2-3-7-13)12(17)14-8-4-5-10(9-14)11(15)16/h10H,2-9H2,1H3,(H,15,16)/t10-/m0/s1. The van der Waals surface area contributed by atoms with E-state index in [0.717, 1.165) is 38.6 Å². The van der Waals surface area contributed by atoms with Gasteiger partial charge >= 0.3 is 5.97 Å². The molecule has 1 aliphatic carbocycles. The Morgan fingerprint density at radius 2 is 1.88 bits per heavy atom.